The molecular formula is C74H127N11O15S. The lowest BCUT2D eigenvalue weighted by atomic mass is 9.89. The highest BCUT2D eigenvalue weighted by Crippen LogP contribution is 2.27. The van der Waals surface area contributed by atoms with Crippen LogP contribution in [0.5, 0.6) is 0 Å². The van der Waals surface area contributed by atoms with Gasteiger partial charge in [-0.15, -0.1) is 0 Å². The van der Waals surface area contributed by atoms with Gasteiger partial charge in [0, 0.05) is 61.7 Å². The van der Waals surface area contributed by atoms with Crippen molar-refractivity contribution in [1.82, 2.24) is 55.6 Å². The summed E-state index contributed by atoms with van der Waals surface area (Å²) < 4.78 is 0. The lowest BCUT2D eigenvalue weighted by Crippen LogP contribution is -2.64. The van der Waals surface area contributed by atoms with Crippen molar-refractivity contribution in [3.05, 3.63) is 35.4 Å². The number of carboxylic acids is 1. The monoisotopic (exact) mass is 1440 g/mol. The number of carbonyl (C=O) groups excluding carboxylic acids is 11. The van der Waals surface area contributed by atoms with Crippen LogP contribution < -0.4 is 21.3 Å². The first-order chi connectivity index (χ1) is 47.0. The number of hydrogen-bond donors (Lipinski definition) is 7. The van der Waals surface area contributed by atoms with Crippen molar-refractivity contribution in [2.75, 3.05) is 67.4 Å². The molecule has 1 aliphatic rings. The molecule has 0 radical (unpaired) electrons. The predicted molar refractivity (Wildman–Crippen MR) is 393 cm³/mol. The van der Waals surface area contributed by atoms with Gasteiger partial charge in [0.25, 0.3) is 0 Å². The van der Waals surface area contributed by atoms with Crippen LogP contribution in [0.1, 0.15) is 191 Å². The molecular weight excluding hydrogens is 1310 g/mol. The molecule has 0 saturated carbocycles. The Bertz CT molecular complexity index is 2930. The van der Waals surface area contributed by atoms with Gasteiger partial charge in [-0.05, 0) is 149 Å². The fourth-order valence-corrected chi connectivity index (χ4v) is 13.9. The maximum absolute atomic E-state index is 15.6. The van der Waals surface area contributed by atoms with E-state index in [0.717, 1.165) is 10.5 Å². The Kier molecular flexibility index (Phi) is 38.1. The predicted octanol–water partition coefficient (Wildman–Crippen LogP) is 5.29. The van der Waals surface area contributed by atoms with E-state index in [4.69, 9.17) is 0 Å². The van der Waals surface area contributed by atoms with Crippen LogP contribution in [0.3, 0.4) is 0 Å². The van der Waals surface area contributed by atoms with Crippen LogP contribution in [0.15, 0.2) is 24.3 Å². The summed E-state index contributed by atoms with van der Waals surface area (Å²) in [7, 11) is 9.92. The zero-order valence-electron chi connectivity index (χ0n) is 65.0. The van der Waals surface area contributed by atoms with E-state index in [-0.39, 0.29) is 80.1 Å². The minimum absolute atomic E-state index is 0.00344. The number of nitrogens with zero attached hydrogens (tertiary/aromatic N) is 7. The fourth-order valence-electron chi connectivity index (χ4n) is 12.8. The van der Waals surface area contributed by atoms with Crippen LogP contribution in [-0.4, -0.2) is 261 Å². The number of carboxylic acid groups (broad SMARTS) is 1. The van der Waals surface area contributed by atoms with Gasteiger partial charge in [0.15, 0.2) is 0 Å². The molecule has 27 heteroatoms. The molecule has 11 amide bonds. The molecule has 101 heavy (non-hydrogen) atoms. The molecule has 2 rings (SSSR count). The quantitative estimate of drug-likeness (QED) is 0.0612. The van der Waals surface area contributed by atoms with Gasteiger partial charge < -0.3 is 70.9 Å². The molecule has 1 aliphatic heterocycles. The summed E-state index contributed by atoms with van der Waals surface area (Å²) in [6, 6.07) is -7.83. The fraction of sp³-hybridized carbons (Fsp3) is 0.757. The largest absolute Gasteiger partial charge is 0.478 e. The van der Waals surface area contributed by atoms with E-state index >= 15 is 28.8 Å². The van der Waals surface area contributed by atoms with Gasteiger partial charge in [0.1, 0.15) is 66.5 Å². The van der Waals surface area contributed by atoms with Crippen molar-refractivity contribution in [3.8, 4) is 0 Å². The normalized spacial score (nSPS) is 25.1. The van der Waals surface area contributed by atoms with Crippen LogP contribution in [0.25, 0.3) is 0 Å². The second-order valence-electron chi connectivity index (χ2n) is 30.2. The van der Waals surface area contributed by atoms with Crippen molar-refractivity contribution >= 4 is 82.7 Å². The number of hydrogen-bond acceptors (Lipinski definition) is 15. The Morgan fingerprint density at radius 2 is 0.980 bits per heavy atom. The minimum Gasteiger partial charge on any atom is -0.478 e. The molecule has 1 aromatic carbocycles. The summed E-state index contributed by atoms with van der Waals surface area (Å²) in [4.78, 5) is 186. The summed E-state index contributed by atoms with van der Waals surface area (Å²) in [5.74, 6) is -10.9. The highest BCUT2D eigenvalue weighted by atomic mass is 32.2. The van der Waals surface area contributed by atoms with Crippen molar-refractivity contribution in [3.63, 3.8) is 0 Å². The number of rotatable bonds is 25. The van der Waals surface area contributed by atoms with Crippen LogP contribution in [0, 0.1) is 41.4 Å². The molecule has 7 N–H and O–H groups in total. The first-order valence-electron chi connectivity index (χ1n) is 36.3. The Morgan fingerprint density at radius 3 is 1.50 bits per heavy atom. The third-order valence-electron chi connectivity index (χ3n) is 19.2. The molecule has 13 atom stereocenters. The Hall–Kier alpha value is -6.87. The highest BCUT2D eigenvalue weighted by Gasteiger charge is 2.46. The van der Waals surface area contributed by atoms with Gasteiger partial charge in [-0.3, -0.25) is 52.7 Å². The smallest absolute Gasteiger partial charge is 0.335 e. The van der Waals surface area contributed by atoms with Crippen LogP contribution in [0.2, 0.25) is 0 Å². The SMILES string of the molecule is CC[C@H]1NC(=O)[C@H]([C@H](O)[C@H](C)CCCc2cccc(C(=O)O)c2)N(C)C(=O)[C@@H](C(C)C)N(C)C(=O)[C@@H](CC(C)C)N(C)C(=O)[C@H](CC(C)C)N(C)C(=O)[C@H](C)NC(=O)[C@@H](C)NC(=O)[C@@H](CCC(C)C)N(C)C(=O)[C@@H](C(C)C)NC(=O)[C@H](CC(C)C)N(C)C(=O)[C@@H](CSCCCCO)N(C)C1=O. The molecule has 1 heterocycles. The molecule has 1 aromatic rings. The molecule has 574 valence electrons. The van der Waals surface area contributed by atoms with Crippen LogP contribution in [0.4, 0.5) is 0 Å². The summed E-state index contributed by atoms with van der Waals surface area (Å²) in [5.41, 5.74) is 0.815. The van der Waals surface area contributed by atoms with Gasteiger partial charge in [-0.1, -0.05) is 109 Å². The number of amides is 11. The maximum atomic E-state index is 15.6. The molecule has 0 unspecified atom stereocenters. The zero-order valence-corrected chi connectivity index (χ0v) is 65.8. The summed E-state index contributed by atoms with van der Waals surface area (Å²) in [5, 5.41) is 43.1. The second kappa shape index (κ2) is 42.7. The summed E-state index contributed by atoms with van der Waals surface area (Å²) in [6.07, 6.45) is 1.39. The summed E-state index contributed by atoms with van der Waals surface area (Å²) >= 11 is 1.34. The minimum atomic E-state index is -1.73. The van der Waals surface area contributed by atoms with E-state index in [1.165, 1.54) is 110 Å². The van der Waals surface area contributed by atoms with Gasteiger partial charge in [0.2, 0.25) is 65.0 Å². The number of nitrogens with one attached hydrogen (secondary N) is 4. The average molecular weight is 1440 g/mol. The number of likely N-dealkylation sites (N-methyl/N-ethyl adjacent to an activating group) is 7. The lowest BCUT2D eigenvalue weighted by Gasteiger charge is -2.41. The number of aliphatic hydroxyl groups is 2. The lowest BCUT2D eigenvalue weighted by molar-refractivity contribution is -0.157. The first-order valence-corrected chi connectivity index (χ1v) is 37.4. The van der Waals surface area contributed by atoms with Crippen molar-refractivity contribution < 1.29 is 72.9 Å². The van der Waals surface area contributed by atoms with Gasteiger partial charge >= 0.3 is 5.97 Å². The van der Waals surface area contributed by atoms with E-state index in [0.29, 0.717) is 37.9 Å². The topological polar surface area (TPSA) is 336 Å². The first kappa shape index (κ1) is 90.2. The number of aromatic carboxylic acids is 1. The van der Waals surface area contributed by atoms with E-state index < -0.39 is 161 Å². The maximum Gasteiger partial charge on any atom is 0.335 e. The summed E-state index contributed by atoms with van der Waals surface area (Å²) in [6.45, 7) is 28.1. The van der Waals surface area contributed by atoms with Crippen molar-refractivity contribution in [2.24, 2.45) is 41.4 Å². The molecule has 0 aliphatic carbocycles. The Labute approximate surface area is 606 Å². The third-order valence-corrected chi connectivity index (χ3v) is 20.4. The molecule has 0 spiro atoms. The van der Waals surface area contributed by atoms with Crippen LogP contribution >= 0.6 is 11.8 Å². The second-order valence-corrected chi connectivity index (χ2v) is 31.4. The van der Waals surface area contributed by atoms with Gasteiger partial charge in [-0.25, -0.2) is 4.79 Å². The number of benzene rings is 1. The highest BCUT2D eigenvalue weighted by molar-refractivity contribution is 7.99. The number of carbonyl (C=O) groups is 12. The Morgan fingerprint density at radius 1 is 0.495 bits per heavy atom. The molecule has 26 nitrogen and oxygen atoms in total. The standard InChI is InChI=1S/C74H127N11O15S/c1-24-53-68(93)83(21)58(41-101-36-26-25-35-86)71(96)80(18)55(37-43(4)5)65(90)78-59(46(10)11)72(97)79(17)54(34-33-42(2)3)64(89)75-49(15)63(88)76-50(16)67(92)81(19)56(38-44(6)7)69(94)82(20)57(39-45(8)9)70(95)84(22)60(47(12)13)73(98)85(23)61(66(91)77-53)62(87)48(14)29-27-30-51-31-28-32-52(40-51)74(99)100/h28,31-32,40,42-50,53-62,86-87H,24-27,29-30,33-39,41H2,1-23H3,(H,75,89)(H,76,88)(H,77,91)(H,78,90)(H,99,100)/t48-,49-,50+,53-,54-,55+,56+,57-,58-,59-,60-,61+,62-/m1/s1. The molecule has 0 aromatic heterocycles. The van der Waals surface area contributed by atoms with Crippen molar-refractivity contribution in [1.29, 1.82) is 0 Å². The Balaban J connectivity index is 3.14. The molecule has 1 fully saturated rings. The number of aryl methyl sites for hydroxylation is 1. The van der Waals surface area contributed by atoms with E-state index in [1.807, 2.05) is 55.4 Å². The van der Waals surface area contributed by atoms with Crippen LogP contribution in [-0.2, 0) is 59.2 Å². The molecule has 1 saturated heterocycles. The molecule has 0 bridgehead atoms. The number of aliphatic hydroxyl groups excluding tert-OH is 2. The average Bonchev–Trinajstić information content (AvgIpc) is 0.808. The van der Waals surface area contributed by atoms with Gasteiger partial charge in [0.05, 0.1) is 11.7 Å². The van der Waals surface area contributed by atoms with E-state index in [1.54, 1.807) is 59.7 Å². The van der Waals surface area contributed by atoms with E-state index in [2.05, 4.69) is 21.3 Å². The number of unbranched alkanes of at least 4 members (excludes halogenated alkanes) is 1. The third kappa shape index (κ3) is 26.4. The number of thioether (sulfide) groups is 1. The van der Waals surface area contributed by atoms with Gasteiger partial charge in [-0.2, -0.15) is 11.8 Å². The van der Waals surface area contributed by atoms with E-state index in [9.17, 15) is 44.1 Å². The van der Waals surface area contributed by atoms with Crippen molar-refractivity contribution in [2.45, 2.75) is 254 Å². The zero-order chi connectivity index (χ0) is 77.4.